The first-order chi connectivity index (χ1) is 7.00. The van der Waals surface area contributed by atoms with Crippen LogP contribution in [-0.2, 0) is 5.92 Å². The van der Waals surface area contributed by atoms with Gasteiger partial charge in [0, 0.05) is 11.5 Å². The Morgan fingerprint density at radius 1 is 1.33 bits per heavy atom. The zero-order chi connectivity index (χ0) is 11.1. The van der Waals surface area contributed by atoms with Gasteiger partial charge >= 0.3 is 0 Å². The number of hydrogen-bond donors (Lipinski definition) is 0. The number of rotatable bonds is 2. The van der Waals surface area contributed by atoms with Crippen molar-refractivity contribution < 1.29 is 8.78 Å². The Balaban J connectivity index is 2.21. The first kappa shape index (κ1) is 11.0. The first-order valence-electron chi connectivity index (χ1n) is 5.20. The molecule has 0 bridgehead atoms. The number of halogens is 2. The second-order valence-electron chi connectivity index (χ2n) is 4.42. The van der Waals surface area contributed by atoms with Crippen LogP contribution in [-0.4, -0.2) is 5.66 Å². The van der Waals surface area contributed by atoms with Crippen molar-refractivity contribution in [2.45, 2.75) is 31.3 Å². The zero-order valence-electron chi connectivity index (χ0n) is 8.71. The maximum absolute atomic E-state index is 13.9. The van der Waals surface area contributed by atoms with E-state index in [0.717, 1.165) is 5.56 Å². The van der Waals surface area contributed by atoms with Crippen molar-refractivity contribution in [3.05, 3.63) is 35.4 Å². The largest absolute Gasteiger partial charge is 0.276 e. The Morgan fingerprint density at radius 3 is 2.53 bits per heavy atom. The lowest BCUT2D eigenvalue weighted by Crippen LogP contribution is -2.37. The van der Waals surface area contributed by atoms with Crippen molar-refractivity contribution in [1.29, 1.82) is 0 Å². The minimum atomic E-state index is -2.65. The van der Waals surface area contributed by atoms with Crippen LogP contribution in [0.15, 0.2) is 24.3 Å². The van der Waals surface area contributed by atoms with Gasteiger partial charge in [-0.25, -0.2) is 8.78 Å². The number of aryl methyl sites for hydroxylation is 1. The maximum Gasteiger partial charge on any atom is 0.276 e. The molecule has 2 rings (SSSR count). The molecular formula is C12H15F2P. The zero-order valence-corrected chi connectivity index (χ0v) is 9.87. The topological polar surface area (TPSA) is 0 Å². The average Bonchev–Trinajstić information content (AvgIpc) is 2.13. The van der Waals surface area contributed by atoms with Crippen molar-refractivity contribution in [3.8, 4) is 0 Å². The molecule has 0 saturated heterocycles. The van der Waals surface area contributed by atoms with Crippen LogP contribution in [0.4, 0.5) is 8.78 Å². The van der Waals surface area contributed by atoms with Crippen molar-refractivity contribution in [2.75, 3.05) is 0 Å². The highest BCUT2D eigenvalue weighted by Gasteiger charge is 2.47. The summed E-state index contributed by atoms with van der Waals surface area (Å²) >= 11 is 0. The standard InChI is InChI=1S/C12H15F2P/c1-8-3-2-4-9(5-8)12(13,14)10-6-11(15)7-10/h2-5,10-11H,6-7,15H2,1H3. The third-order valence-corrected chi connectivity index (χ3v) is 3.63. The number of alkyl halides is 2. The molecule has 1 saturated carbocycles. The van der Waals surface area contributed by atoms with Crippen LogP contribution < -0.4 is 0 Å². The summed E-state index contributed by atoms with van der Waals surface area (Å²) in [6.45, 7) is 1.85. The first-order valence-corrected chi connectivity index (χ1v) is 5.87. The quantitative estimate of drug-likeness (QED) is 0.676. The van der Waals surface area contributed by atoms with Gasteiger partial charge in [0.2, 0.25) is 0 Å². The van der Waals surface area contributed by atoms with E-state index in [0.29, 0.717) is 18.5 Å². The molecule has 0 radical (unpaired) electrons. The lowest BCUT2D eigenvalue weighted by Gasteiger charge is -2.38. The fraction of sp³-hybridized carbons (Fsp3) is 0.500. The molecule has 1 aliphatic rings. The van der Waals surface area contributed by atoms with Crippen molar-refractivity contribution in [1.82, 2.24) is 0 Å². The van der Waals surface area contributed by atoms with Crippen LogP contribution in [0.2, 0.25) is 0 Å². The predicted octanol–water partition coefficient (Wildman–Crippen LogP) is 3.74. The molecule has 1 atom stereocenters. The van der Waals surface area contributed by atoms with Crippen LogP contribution >= 0.6 is 9.24 Å². The lowest BCUT2D eigenvalue weighted by molar-refractivity contribution is -0.0922. The van der Waals surface area contributed by atoms with Gasteiger partial charge in [0.25, 0.3) is 5.92 Å². The molecule has 15 heavy (non-hydrogen) atoms. The Bertz CT molecular complexity index is 356. The van der Waals surface area contributed by atoms with Gasteiger partial charge in [-0.05, 0) is 25.4 Å². The van der Waals surface area contributed by atoms with Gasteiger partial charge in [-0.2, -0.15) is 0 Å². The second kappa shape index (κ2) is 3.83. The molecule has 3 heteroatoms. The van der Waals surface area contributed by atoms with Crippen molar-refractivity contribution in [2.24, 2.45) is 5.92 Å². The van der Waals surface area contributed by atoms with E-state index in [2.05, 4.69) is 9.24 Å². The molecule has 0 nitrogen and oxygen atoms in total. The van der Waals surface area contributed by atoms with Gasteiger partial charge in [0.15, 0.2) is 0 Å². The van der Waals surface area contributed by atoms with E-state index in [1.54, 1.807) is 12.1 Å². The monoisotopic (exact) mass is 228 g/mol. The third kappa shape index (κ3) is 2.06. The molecule has 0 amide bonds. The van der Waals surface area contributed by atoms with E-state index < -0.39 is 11.8 Å². The molecule has 1 fully saturated rings. The highest BCUT2D eigenvalue weighted by Crippen LogP contribution is 2.48. The molecule has 1 aromatic carbocycles. The van der Waals surface area contributed by atoms with Crippen molar-refractivity contribution >= 4 is 9.24 Å². The smallest absolute Gasteiger partial charge is 0.201 e. The van der Waals surface area contributed by atoms with Crippen LogP contribution in [0.1, 0.15) is 24.0 Å². The van der Waals surface area contributed by atoms with E-state index in [1.807, 2.05) is 13.0 Å². The number of benzene rings is 1. The third-order valence-electron chi connectivity index (χ3n) is 3.09. The molecule has 0 heterocycles. The summed E-state index contributed by atoms with van der Waals surface area (Å²) in [4.78, 5) is 0. The van der Waals surface area contributed by atoms with Crippen LogP contribution in [0.25, 0.3) is 0 Å². The fourth-order valence-electron chi connectivity index (χ4n) is 2.05. The van der Waals surface area contributed by atoms with Crippen LogP contribution in [0.5, 0.6) is 0 Å². The average molecular weight is 228 g/mol. The fourth-order valence-corrected chi connectivity index (χ4v) is 2.70. The molecule has 1 unspecified atom stereocenters. The Morgan fingerprint density at radius 2 is 2.00 bits per heavy atom. The number of hydrogen-bond acceptors (Lipinski definition) is 0. The normalized spacial score (nSPS) is 26.1. The molecule has 0 aromatic heterocycles. The minimum absolute atomic E-state index is 0.171. The van der Waals surface area contributed by atoms with E-state index in [4.69, 9.17) is 0 Å². The predicted molar refractivity (Wildman–Crippen MR) is 61.3 cm³/mol. The Hall–Kier alpha value is -0.490. The maximum atomic E-state index is 13.9. The summed E-state index contributed by atoms with van der Waals surface area (Å²) in [7, 11) is 2.62. The SMILES string of the molecule is Cc1cccc(C(F)(F)C2CC(P)C2)c1. The van der Waals surface area contributed by atoms with E-state index in [-0.39, 0.29) is 5.56 Å². The summed E-state index contributed by atoms with van der Waals surface area (Å²) in [6, 6.07) is 6.67. The molecule has 1 aromatic rings. The Kier molecular flexibility index (Phi) is 2.81. The van der Waals surface area contributed by atoms with Gasteiger partial charge in [-0.1, -0.05) is 29.8 Å². The minimum Gasteiger partial charge on any atom is -0.201 e. The molecule has 82 valence electrons. The molecular weight excluding hydrogens is 213 g/mol. The summed E-state index contributed by atoms with van der Waals surface area (Å²) in [5, 5.41) is 0. The van der Waals surface area contributed by atoms with Gasteiger partial charge in [0.05, 0.1) is 0 Å². The highest BCUT2D eigenvalue weighted by atomic mass is 31.0. The summed E-state index contributed by atoms with van der Waals surface area (Å²) < 4.78 is 27.9. The van der Waals surface area contributed by atoms with Gasteiger partial charge in [-0.15, -0.1) is 9.24 Å². The molecule has 0 spiro atoms. The lowest BCUT2D eigenvalue weighted by atomic mass is 9.77. The van der Waals surface area contributed by atoms with Gasteiger partial charge in [-0.3, -0.25) is 0 Å². The van der Waals surface area contributed by atoms with E-state index >= 15 is 0 Å². The highest BCUT2D eigenvalue weighted by molar-refractivity contribution is 7.17. The molecule has 0 aliphatic heterocycles. The van der Waals surface area contributed by atoms with Gasteiger partial charge < -0.3 is 0 Å². The van der Waals surface area contributed by atoms with E-state index in [1.165, 1.54) is 6.07 Å². The van der Waals surface area contributed by atoms with E-state index in [9.17, 15) is 8.78 Å². The van der Waals surface area contributed by atoms with Gasteiger partial charge in [0.1, 0.15) is 0 Å². The summed E-state index contributed by atoms with van der Waals surface area (Å²) in [5.74, 6) is -3.12. The van der Waals surface area contributed by atoms with Crippen LogP contribution in [0.3, 0.4) is 0 Å². The van der Waals surface area contributed by atoms with Crippen molar-refractivity contribution in [3.63, 3.8) is 0 Å². The summed E-state index contributed by atoms with van der Waals surface area (Å²) in [6.07, 6.45) is 1.23. The molecule has 0 N–H and O–H groups in total. The molecule has 1 aliphatic carbocycles. The van der Waals surface area contributed by atoms with Crippen LogP contribution in [0, 0.1) is 12.8 Å². The second-order valence-corrected chi connectivity index (χ2v) is 5.36. The Labute approximate surface area is 91.3 Å². The summed E-state index contributed by atoms with van der Waals surface area (Å²) in [5.41, 5.74) is 1.45.